The second-order valence-electron chi connectivity index (χ2n) is 3.66. The molecule has 0 spiro atoms. The standard InChI is InChI=1S/C13H12FNO2/c14-11-4-1-3-10(7-11)8-13(16)17-9-12-5-2-6-15-12/h1-7,15H,8-9H2. The third kappa shape index (κ3) is 3.45. The molecule has 0 aliphatic carbocycles. The Morgan fingerprint density at radius 2 is 2.18 bits per heavy atom. The molecule has 0 radical (unpaired) electrons. The van der Waals surface area contributed by atoms with Gasteiger partial charge in [-0.05, 0) is 29.8 Å². The normalized spacial score (nSPS) is 10.2. The molecular weight excluding hydrogens is 221 g/mol. The first-order valence-electron chi connectivity index (χ1n) is 5.26. The number of carbonyl (C=O) groups excluding carboxylic acids is 1. The summed E-state index contributed by atoms with van der Waals surface area (Å²) in [5, 5.41) is 0. The van der Waals surface area contributed by atoms with Gasteiger partial charge in [0, 0.05) is 6.20 Å². The van der Waals surface area contributed by atoms with Gasteiger partial charge in [0.1, 0.15) is 12.4 Å². The Balaban J connectivity index is 1.85. The van der Waals surface area contributed by atoms with Crippen molar-refractivity contribution in [1.82, 2.24) is 4.98 Å². The molecule has 4 heteroatoms. The summed E-state index contributed by atoms with van der Waals surface area (Å²) in [6, 6.07) is 9.59. The number of rotatable bonds is 4. The van der Waals surface area contributed by atoms with E-state index in [0.717, 1.165) is 5.69 Å². The van der Waals surface area contributed by atoms with Crippen molar-refractivity contribution in [2.24, 2.45) is 0 Å². The van der Waals surface area contributed by atoms with E-state index in [2.05, 4.69) is 4.98 Å². The van der Waals surface area contributed by atoms with Crippen LogP contribution in [0.25, 0.3) is 0 Å². The summed E-state index contributed by atoms with van der Waals surface area (Å²) >= 11 is 0. The van der Waals surface area contributed by atoms with Crippen LogP contribution in [0.1, 0.15) is 11.3 Å². The predicted octanol–water partition coefficient (Wildman–Crippen LogP) is 2.44. The van der Waals surface area contributed by atoms with E-state index < -0.39 is 0 Å². The van der Waals surface area contributed by atoms with Gasteiger partial charge in [0.05, 0.1) is 12.1 Å². The predicted molar refractivity (Wildman–Crippen MR) is 60.7 cm³/mol. The van der Waals surface area contributed by atoms with Crippen molar-refractivity contribution in [3.63, 3.8) is 0 Å². The molecule has 17 heavy (non-hydrogen) atoms. The number of ether oxygens (including phenoxy) is 1. The molecule has 2 aromatic rings. The van der Waals surface area contributed by atoms with Gasteiger partial charge in [-0.2, -0.15) is 0 Å². The highest BCUT2D eigenvalue weighted by molar-refractivity contribution is 5.72. The maximum atomic E-state index is 12.9. The summed E-state index contributed by atoms with van der Waals surface area (Å²) in [5.74, 6) is -0.718. The SMILES string of the molecule is O=C(Cc1cccc(F)c1)OCc1ccc[nH]1. The molecule has 1 N–H and O–H groups in total. The van der Waals surface area contributed by atoms with E-state index in [9.17, 15) is 9.18 Å². The number of esters is 1. The average molecular weight is 233 g/mol. The molecule has 0 aliphatic rings. The number of H-pyrrole nitrogens is 1. The number of hydrogen-bond acceptors (Lipinski definition) is 2. The Hall–Kier alpha value is -2.10. The summed E-state index contributed by atoms with van der Waals surface area (Å²) < 4.78 is 17.9. The van der Waals surface area contributed by atoms with Crippen LogP contribution in [0.3, 0.4) is 0 Å². The zero-order chi connectivity index (χ0) is 12.1. The number of nitrogens with one attached hydrogen (secondary N) is 1. The minimum absolute atomic E-state index is 0.0818. The first kappa shape index (κ1) is 11.4. The summed E-state index contributed by atoms with van der Waals surface area (Å²) in [6.07, 6.45) is 1.84. The van der Waals surface area contributed by atoms with Gasteiger partial charge in [-0.15, -0.1) is 0 Å². The van der Waals surface area contributed by atoms with Crippen LogP contribution < -0.4 is 0 Å². The highest BCUT2D eigenvalue weighted by atomic mass is 19.1. The fraction of sp³-hybridized carbons (Fsp3) is 0.154. The van der Waals surface area contributed by atoms with Gasteiger partial charge in [-0.3, -0.25) is 4.79 Å². The lowest BCUT2D eigenvalue weighted by molar-refractivity contribution is -0.144. The van der Waals surface area contributed by atoms with Crippen LogP contribution in [-0.4, -0.2) is 11.0 Å². The fourth-order valence-corrected chi connectivity index (χ4v) is 1.48. The summed E-state index contributed by atoms with van der Waals surface area (Å²) in [7, 11) is 0. The van der Waals surface area contributed by atoms with Gasteiger partial charge in [0.2, 0.25) is 0 Å². The largest absolute Gasteiger partial charge is 0.459 e. The van der Waals surface area contributed by atoms with Gasteiger partial charge in [-0.1, -0.05) is 12.1 Å². The summed E-state index contributed by atoms with van der Waals surface area (Å²) in [4.78, 5) is 14.4. The van der Waals surface area contributed by atoms with Gasteiger partial charge in [-0.25, -0.2) is 4.39 Å². The van der Waals surface area contributed by atoms with Gasteiger partial charge >= 0.3 is 5.97 Å². The first-order valence-corrected chi connectivity index (χ1v) is 5.26. The van der Waals surface area contributed by atoms with E-state index in [0.29, 0.717) is 5.56 Å². The number of aromatic nitrogens is 1. The summed E-state index contributed by atoms with van der Waals surface area (Å²) in [6.45, 7) is 0.209. The fourth-order valence-electron chi connectivity index (χ4n) is 1.48. The quantitative estimate of drug-likeness (QED) is 0.824. The molecule has 88 valence electrons. The first-order chi connectivity index (χ1) is 8.24. The zero-order valence-electron chi connectivity index (χ0n) is 9.15. The van der Waals surface area contributed by atoms with Crippen molar-refractivity contribution >= 4 is 5.97 Å². The Kier molecular flexibility index (Phi) is 3.55. The number of benzene rings is 1. The monoisotopic (exact) mass is 233 g/mol. The third-order valence-corrected chi connectivity index (χ3v) is 2.29. The maximum Gasteiger partial charge on any atom is 0.310 e. The number of hydrogen-bond donors (Lipinski definition) is 1. The van der Waals surface area contributed by atoms with Crippen molar-refractivity contribution in [1.29, 1.82) is 0 Å². The molecule has 0 saturated heterocycles. The Bertz CT molecular complexity index is 494. The smallest absolute Gasteiger partial charge is 0.310 e. The average Bonchev–Trinajstić information content (AvgIpc) is 2.79. The minimum Gasteiger partial charge on any atom is -0.459 e. The minimum atomic E-state index is -0.370. The summed E-state index contributed by atoms with van der Waals surface area (Å²) in [5.41, 5.74) is 1.44. The van der Waals surface area contributed by atoms with E-state index >= 15 is 0 Å². The molecule has 0 atom stereocenters. The molecule has 3 nitrogen and oxygen atoms in total. The van der Waals surface area contributed by atoms with Crippen molar-refractivity contribution in [2.75, 3.05) is 0 Å². The number of carbonyl (C=O) groups is 1. The van der Waals surface area contributed by atoms with Crippen LogP contribution in [0.4, 0.5) is 4.39 Å². The molecule has 0 amide bonds. The van der Waals surface area contributed by atoms with Crippen molar-refractivity contribution < 1.29 is 13.9 Å². The Morgan fingerprint density at radius 1 is 1.29 bits per heavy atom. The third-order valence-electron chi connectivity index (χ3n) is 2.29. The van der Waals surface area contributed by atoms with Crippen LogP contribution in [0.2, 0.25) is 0 Å². The zero-order valence-corrected chi connectivity index (χ0v) is 9.15. The molecule has 0 saturated carbocycles. The van der Waals surface area contributed by atoms with Gasteiger partial charge in [0.15, 0.2) is 0 Å². The molecule has 0 fully saturated rings. The molecule has 1 heterocycles. The van der Waals surface area contributed by atoms with Crippen LogP contribution in [0.15, 0.2) is 42.6 Å². The Morgan fingerprint density at radius 3 is 2.88 bits per heavy atom. The molecule has 1 aromatic heterocycles. The van der Waals surface area contributed by atoms with Gasteiger partial charge < -0.3 is 9.72 Å². The van der Waals surface area contributed by atoms with E-state index in [-0.39, 0.29) is 24.8 Å². The molecule has 0 unspecified atom stereocenters. The highest BCUT2D eigenvalue weighted by Gasteiger charge is 2.06. The number of halogens is 1. The van der Waals surface area contributed by atoms with Crippen molar-refractivity contribution in [2.45, 2.75) is 13.0 Å². The molecule has 0 aliphatic heterocycles. The van der Waals surface area contributed by atoms with E-state index in [4.69, 9.17) is 4.74 Å². The van der Waals surface area contributed by atoms with E-state index in [1.54, 1.807) is 18.3 Å². The molecule has 2 rings (SSSR count). The second-order valence-corrected chi connectivity index (χ2v) is 3.66. The lowest BCUT2D eigenvalue weighted by Gasteiger charge is -2.03. The van der Waals surface area contributed by atoms with E-state index in [1.165, 1.54) is 12.1 Å². The van der Waals surface area contributed by atoms with E-state index in [1.807, 2.05) is 12.1 Å². The lowest BCUT2D eigenvalue weighted by atomic mass is 10.1. The topological polar surface area (TPSA) is 42.1 Å². The highest BCUT2D eigenvalue weighted by Crippen LogP contribution is 2.06. The maximum absolute atomic E-state index is 12.9. The Labute approximate surface area is 98.2 Å². The lowest BCUT2D eigenvalue weighted by Crippen LogP contribution is -2.08. The van der Waals surface area contributed by atoms with Crippen molar-refractivity contribution in [3.8, 4) is 0 Å². The van der Waals surface area contributed by atoms with Crippen LogP contribution in [0, 0.1) is 5.82 Å². The van der Waals surface area contributed by atoms with Crippen molar-refractivity contribution in [3.05, 3.63) is 59.7 Å². The molecule has 1 aromatic carbocycles. The second kappa shape index (κ2) is 5.30. The van der Waals surface area contributed by atoms with Crippen LogP contribution in [-0.2, 0) is 22.6 Å². The van der Waals surface area contributed by atoms with Gasteiger partial charge in [0.25, 0.3) is 0 Å². The molecule has 0 bridgehead atoms. The van der Waals surface area contributed by atoms with Crippen LogP contribution >= 0.6 is 0 Å². The molecular formula is C13H12FNO2. The number of aromatic amines is 1. The van der Waals surface area contributed by atoms with Crippen LogP contribution in [0.5, 0.6) is 0 Å².